The summed E-state index contributed by atoms with van der Waals surface area (Å²) in [5.41, 5.74) is 1.63. The molecule has 1 heterocycles. The van der Waals surface area contributed by atoms with E-state index < -0.39 is 0 Å². The molecule has 3 rings (SSSR count). The zero-order valence-electron chi connectivity index (χ0n) is 11.3. The molecule has 104 valence electrons. The normalized spacial score (nSPS) is 15.7. The van der Waals surface area contributed by atoms with E-state index >= 15 is 0 Å². The number of thiophene rings is 1. The van der Waals surface area contributed by atoms with Crippen LogP contribution in [0, 0.1) is 5.92 Å². The fourth-order valence-corrected chi connectivity index (χ4v) is 3.19. The molecule has 0 radical (unpaired) electrons. The fraction of sp³-hybridized carbons (Fsp3) is 0.312. The largest absolute Gasteiger partial charge is 0.465 e. The van der Waals surface area contributed by atoms with Gasteiger partial charge in [0.2, 0.25) is 0 Å². The number of rotatable bonds is 5. The van der Waals surface area contributed by atoms with Crippen molar-refractivity contribution in [3.05, 3.63) is 52.2 Å². The van der Waals surface area contributed by atoms with Gasteiger partial charge < -0.3 is 10.1 Å². The van der Waals surface area contributed by atoms with Gasteiger partial charge in [0.1, 0.15) is 0 Å². The summed E-state index contributed by atoms with van der Waals surface area (Å²) < 4.78 is 4.71. The Morgan fingerprint density at radius 3 is 2.60 bits per heavy atom. The highest BCUT2D eigenvalue weighted by Gasteiger charge is 2.32. The maximum atomic E-state index is 11.4. The summed E-state index contributed by atoms with van der Waals surface area (Å²) in [4.78, 5) is 12.8. The fourth-order valence-electron chi connectivity index (χ4n) is 2.32. The molecule has 1 fully saturated rings. The molecule has 2 aromatic rings. The number of hydrogen-bond donors (Lipinski definition) is 1. The van der Waals surface area contributed by atoms with Gasteiger partial charge in [-0.15, -0.1) is 11.3 Å². The van der Waals surface area contributed by atoms with Crippen LogP contribution in [-0.2, 0) is 4.74 Å². The number of anilines is 1. The molecule has 1 N–H and O–H groups in total. The number of esters is 1. The van der Waals surface area contributed by atoms with Crippen LogP contribution in [0.3, 0.4) is 0 Å². The van der Waals surface area contributed by atoms with E-state index in [4.69, 9.17) is 4.74 Å². The zero-order chi connectivity index (χ0) is 13.9. The minimum atomic E-state index is -0.298. The van der Waals surface area contributed by atoms with Crippen molar-refractivity contribution in [1.29, 1.82) is 0 Å². The number of carbonyl (C=O) groups excluding carboxylic acids is 1. The van der Waals surface area contributed by atoms with Crippen molar-refractivity contribution in [1.82, 2.24) is 0 Å². The second-order valence-corrected chi connectivity index (χ2v) is 6.02. The van der Waals surface area contributed by atoms with Gasteiger partial charge in [-0.1, -0.05) is 6.07 Å². The summed E-state index contributed by atoms with van der Waals surface area (Å²) in [6.07, 6.45) is 2.58. The van der Waals surface area contributed by atoms with E-state index in [1.807, 2.05) is 12.1 Å². The maximum Gasteiger partial charge on any atom is 0.337 e. The highest BCUT2D eigenvalue weighted by molar-refractivity contribution is 7.10. The monoisotopic (exact) mass is 287 g/mol. The van der Waals surface area contributed by atoms with Crippen LogP contribution in [0.15, 0.2) is 41.8 Å². The Kier molecular flexibility index (Phi) is 3.74. The second-order valence-electron chi connectivity index (χ2n) is 5.04. The van der Waals surface area contributed by atoms with Crippen molar-refractivity contribution in [2.45, 2.75) is 18.9 Å². The number of carbonyl (C=O) groups is 1. The van der Waals surface area contributed by atoms with Crippen LogP contribution in [0.2, 0.25) is 0 Å². The Hall–Kier alpha value is -1.81. The van der Waals surface area contributed by atoms with Gasteiger partial charge in [0.05, 0.1) is 18.7 Å². The first-order valence-corrected chi connectivity index (χ1v) is 7.64. The third-order valence-electron chi connectivity index (χ3n) is 3.57. The molecule has 1 aromatic carbocycles. The summed E-state index contributed by atoms with van der Waals surface area (Å²) in [6, 6.07) is 12.1. The van der Waals surface area contributed by atoms with E-state index in [9.17, 15) is 4.79 Å². The molecular weight excluding hydrogens is 270 g/mol. The van der Waals surface area contributed by atoms with E-state index in [1.54, 1.807) is 23.5 Å². The second kappa shape index (κ2) is 5.67. The first-order valence-electron chi connectivity index (χ1n) is 6.76. The SMILES string of the molecule is COC(=O)c1ccc(NC(c2cccs2)C2CC2)cc1. The lowest BCUT2D eigenvalue weighted by molar-refractivity contribution is 0.0601. The first kappa shape index (κ1) is 13.2. The summed E-state index contributed by atoms with van der Waals surface area (Å²) in [5.74, 6) is 0.433. The smallest absolute Gasteiger partial charge is 0.337 e. The van der Waals surface area contributed by atoms with Crippen LogP contribution in [0.25, 0.3) is 0 Å². The third kappa shape index (κ3) is 2.85. The maximum absolute atomic E-state index is 11.4. The van der Waals surface area contributed by atoms with Gasteiger partial charge in [0, 0.05) is 10.6 Å². The molecule has 4 heteroatoms. The Labute approximate surface area is 122 Å². The zero-order valence-corrected chi connectivity index (χ0v) is 12.2. The van der Waals surface area contributed by atoms with Gasteiger partial charge in [-0.05, 0) is 54.5 Å². The van der Waals surface area contributed by atoms with Gasteiger partial charge >= 0.3 is 5.97 Å². The van der Waals surface area contributed by atoms with Crippen molar-refractivity contribution in [2.75, 3.05) is 12.4 Å². The molecular formula is C16H17NO2S. The lowest BCUT2D eigenvalue weighted by Gasteiger charge is -2.18. The quantitative estimate of drug-likeness (QED) is 0.841. The van der Waals surface area contributed by atoms with Crippen LogP contribution in [-0.4, -0.2) is 13.1 Å². The van der Waals surface area contributed by atoms with Gasteiger partial charge in [-0.2, -0.15) is 0 Å². The molecule has 1 aliphatic carbocycles. The van der Waals surface area contributed by atoms with Gasteiger partial charge in [-0.3, -0.25) is 0 Å². The van der Waals surface area contributed by atoms with Gasteiger partial charge in [-0.25, -0.2) is 4.79 Å². The van der Waals surface area contributed by atoms with Crippen LogP contribution in [0.5, 0.6) is 0 Å². The average Bonchev–Trinajstić information content (AvgIpc) is 3.19. The Bertz CT molecular complexity index is 573. The molecule has 0 saturated heterocycles. The highest BCUT2D eigenvalue weighted by atomic mass is 32.1. The molecule has 0 bridgehead atoms. The van der Waals surface area contributed by atoms with Crippen LogP contribution >= 0.6 is 11.3 Å². The Morgan fingerprint density at radius 1 is 1.30 bits per heavy atom. The van der Waals surface area contributed by atoms with Gasteiger partial charge in [0.15, 0.2) is 0 Å². The minimum Gasteiger partial charge on any atom is -0.465 e. The molecule has 1 unspecified atom stereocenters. The summed E-state index contributed by atoms with van der Waals surface area (Å²) >= 11 is 1.79. The minimum absolute atomic E-state index is 0.298. The van der Waals surface area contributed by atoms with Crippen molar-refractivity contribution < 1.29 is 9.53 Å². The van der Waals surface area contributed by atoms with Crippen molar-refractivity contribution in [3.63, 3.8) is 0 Å². The Morgan fingerprint density at radius 2 is 2.05 bits per heavy atom. The molecule has 3 nitrogen and oxygen atoms in total. The molecule has 1 atom stereocenters. The van der Waals surface area contributed by atoms with E-state index in [2.05, 4.69) is 22.8 Å². The lowest BCUT2D eigenvalue weighted by atomic mass is 10.1. The number of ether oxygens (including phenoxy) is 1. The number of nitrogens with one attached hydrogen (secondary N) is 1. The number of methoxy groups -OCH3 is 1. The molecule has 0 spiro atoms. The summed E-state index contributed by atoms with van der Waals surface area (Å²) in [5, 5.41) is 5.70. The Balaban J connectivity index is 1.74. The first-order chi connectivity index (χ1) is 9.78. The topological polar surface area (TPSA) is 38.3 Å². The molecule has 0 aliphatic heterocycles. The van der Waals surface area contributed by atoms with E-state index in [1.165, 1.54) is 24.8 Å². The molecule has 1 aromatic heterocycles. The summed E-state index contributed by atoms with van der Waals surface area (Å²) in [6.45, 7) is 0. The van der Waals surface area contributed by atoms with E-state index in [0.717, 1.165) is 11.6 Å². The van der Waals surface area contributed by atoms with Crippen molar-refractivity contribution in [2.24, 2.45) is 5.92 Å². The average molecular weight is 287 g/mol. The number of hydrogen-bond acceptors (Lipinski definition) is 4. The van der Waals surface area contributed by atoms with Crippen LogP contribution < -0.4 is 5.32 Å². The lowest BCUT2D eigenvalue weighted by Crippen LogP contribution is -2.11. The number of benzene rings is 1. The predicted molar refractivity (Wildman–Crippen MR) is 81.2 cm³/mol. The highest BCUT2D eigenvalue weighted by Crippen LogP contribution is 2.44. The molecule has 1 saturated carbocycles. The molecule has 0 amide bonds. The van der Waals surface area contributed by atoms with Crippen molar-refractivity contribution in [3.8, 4) is 0 Å². The van der Waals surface area contributed by atoms with Crippen LogP contribution in [0.1, 0.15) is 34.1 Å². The summed E-state index contributed by atoms with van der Waals surface area (Å²) in [7, 11) is 1.40. The van der Waals surface area contributed by atoms with Gasteiger partial charge in [0.25, 0.3) is 0 Å². The standard InChI is InChI=1S/C16H17NO2S/c1-19-16(18)12-6-8-13(9-7-12)17-15(11-4-5-11)14-3-2-10-20-14/h2-3,6-11,15,17H,4-5H2,1H3. The van der Waals surface area contributed by atoms with E-state index in [-0.39, 0.29) is 5.97 Å². The molecule has 20 heavy (non-hydrogen) atoms. The third-order valence-corrected chi connectivity index (χ3v) is 4.53. The van der Waals surface area contributed by atoms with E-state index in [0.29, 0.717) is 11.6 Å². The predicted octanol–water partition coefficient (Wildman–Crippen LogP) is 4.10. The van der Waals surface area contributed by atoms with Crippen LogP contribution in [0.4, 0.5) is 5.69 Å². The molecule has 1 aliphatic rings. The van der Waals surface area contributed by atoms with Crippen molar-refractivity contribution >= 4 is 23.0 Å².